The summed E-state index contributed by atoms with van der Waals surface area (Å²) in [5.41, 5.74) is 7.99. The summed E-state index contributed by atoms with van der Waals surface area (Å²) in [6, 6.07) is 5.64. The Hall–Kier alpha value is -2.05. The fraction of sp³-hybridized carbons (Fsp3) is 0.308. The summed E-state index contributed by atoms with van der Waals surface area (Å²) in [6.45, 7) is 2.28. The number of aromatic nitrogens is 2. The van der Waals surface area contributed by atoms with E-state index in [0.717, 1.165) is 22.7 Å². The van der Waals surface area contributed by atoms with Gasteiger partial charge in [-0.25, -0.2) is 4.98 Å². The molecule has 19 heavy (non-hydrogen) atoms. The zero-order chi connectivity index (χ0) is 13.4. The van der Waals surface area contributed by atoms with Crippen LogP contribution < -0.4 is 15.2 Å². The molecule has 0 amide bonds. The number of rotatable bonds is 3. The number of hydrogen-bond acceptors (Lipinski definition) is 5. The summed E-state index contributed by atoms with van der Waals surface area (Å²) in [4.78, 5) is 7.44. The molecule has 1 aromatic heterocycles. The maximum Gasteiger partial charge on any atom is 0.231 e. The maximum absolute atomic E-state index is 9.71. The number of benzene rings is 1. The molecule has 0 radical (unpaired) electrons. The maximum atomic E-state index is 9.71. The number of nitrogens with zero attached hydrogens (tertiary/aromatic N) is 1. The third-order valence-electron chi connectivity index (χ3n) is 3.09. The van der Waals surface area contributed by atoms with Crippen molar-refractivity contribution in [2.75, 3.05) is 13.3 Å². The van der Waals surface area contributed by atoms with Gasteiger partial charge in [-0.05, 0) is 25.1 Å². The third kappa shape index (κ3) is 2.05. The van der Waals surface area contributed by atoms with Crippen molar-refractivity contribution in [3.05, 3.63) is 29.7 Å². The van der Waals surface area contributed by atoms with Crippen LogP contribution in [-0.2, 0) is 0 Å². The highest BCUT2D eigenvalue weighted by Gasteiger charge is 2.18. The van der Waals surface area contributed by atoms with Gasteiger partial charge in [0.25, 0.3) is 0 Å². The second-order valence-electron chi connectivity index (χ2n) is 4.42. The van der Waals surface area contributed by atoms with Crippen LogP contribution in [0.1, 0.15) is 17.6 Å². The van der Waals surface area contributed by atoms with Crippen LogP contribution >= 0.6 is 0 Å². The molecule has 1 aliphatic heterocycles. The Labute approximate surface area is 110 Å². The van der Waals surface area contributed by atoms with Crippen LogP contribution in [0.2, 0.25) is 0 Å². The highest BCUT2D eigenvalue weighted by molar-refractivity contribution is 5.66. The first kappa shape index (κ1) is 12.0. The number of hydrogen-bond donors (Lipinski definition) is 3. The van der Waals surface area contributed by atoms with Crippen LogP contribution in [0.25, 0.3) is 11.3 Å². The molecular weight excluding hydrogens is 246 g/mol. The molecule has 6 nitrogen and oxygen atoms in total. The zero-order valence-corrected chi connectivity index (χ0v) is 10.5. The fourth-order valence-corrected chi connectivity index (χ4v) is 2.08. The summed E-state index contributed by atoms with van der Waals surface area (Å²) < 4.78 is 10.6. The van der Waals surface area contributed by atoms with Gasteiger partial charge in [0.1, 0.15) is 11.9 Å². The van der Waals surface area contributed by atoms with Crippen molar-refractivity contribution in [3.63, 3.8) is 0 Å². The summed E-state index contributed by atoms with van der Waals surface area (Å²) in [6.07, 6.45) is -0.776. The van der Waals surface area contributed by atoms with Gasteiger partial charge in [0.2, 0.25) is 6.79 Å². The second-order valence-corrected chi connectivity index (χ2v) is 4.42. The van der Waals surface area contributed by atoms with Crippen molar-refractivity contribution in [1.82, 2.24) is 9.97 Å². The first-order valence-electron chi connectivity index (χ1n) is 6.03. The molecular formula is C13H15N3O3. The lowest BCUT2D eigenvalue weighted by atomic mass is 10.1. The lowest BCUT2D eigenvalue weighted by Gasteiger charge is -2.02. The number of H-pyrrole nitrogens is 1. The first-order valence-corrected chi connectivity index (χ1v) is 6.03. The van der Waals surface area contributed by atoms with E-state index in [1.54, 1.807) is 0 Å². The van der Waals surface area contributed by atoms with Crippen LogP contribution in [0.15, 0.2) is 18.2 Å². The number of aliphatic hydroxyl groups excluding tert-OH is 1. The van der Waals surface area contributed by atoms with E-state index < -0.39 is 6.10 Å². The molecule has 0 saturated heterocycles. The number of aryl methyl sites for hydroxylation is 1. The summed E-state index contributed by atoms with van der Waals surface area (Å²) in [7, 11) is 0. The summed E-state index contributed by atoms with van der Waals surface area (Å²) >= 11 is 0. The van der Waals surface area contributed by atoms with Crippen LogP contribution in [0, 0.1) is 6.92 Å². The lowest BCUT2D eigenvalue weighted by Crippen LogP contribution is -2.12. The number of nitrogens with one attached hydrogen (secondary N) is 1. The average Bonchev–Trinajstić information content (AvgIpc) is 3.03. The van der Waals surface area contributed by atoms with Gasteiger partial charge in [-0.2, -0.15) is 0 Å². The smallest absolute Gasteiger partial charge is 0.231 e. The predicted octanol–water partition coefficient (Wildman–Crippen LogP) is 1.11. The Morgan fingerprint density at radius 2 is 2.21 bits per heavy atom. The van der Waals surface area contributed by atoms with E-state index in [2.05, 4.69) is 9.97 Å². The largest absolute Gasteiger partial charge is 0.454 e. The van der Waals surface area contributed by atoms with Crippen molar-refractivity contribution in [1.29, 1.82) is 0 Å². The monoisotopic (exact) mass is 261 g/mol. The Morgan fingerprint density at radius 1 is 1.42 bits per heavy atom. The van der Waals surface area contributed by atoms with E-state index in [0.29, 0.717) is 11.6 Å². The predicted molar refractivity (Wildman–Crippen MR) is 68.9 cm³/mol. The molecule has 0 fully saturated rings. The van der Waals surface area contributed by atoms with Crippen LogP contribution in [-0.4, -0.2) is 28.4 Å². The third-order valence-corrected chi connectivity index (χ3v) is 3.09. The Balaban J connectivity index is 2.00. The van der Waals surface area contributed by atoms with E-state index in [9.17, 15) is 5.11 Å². The molecule has 1 aliphatic rings. The van der Waals surface area contributed by atoms with E-state index >= 15 is 0 Å². The number of aromatic amines is 1. The lowest BCUT2D eigenvalue weighted by molar-refractivity contribution is 0.174. The van der Waals surface area contributed by atoms with Crippen LogP contribution in [0.3, 0.4) is 0 Å². The molecule has 2 heterocycles. The van der Waals surface area contributed by atoms with Gasteiger partial charge < -0.3 is 25.3 Å². The van der Waals surface area contributed by atoms with E-state index in [4.69, 9.17) is 15.2 Å². The highest BCUT2D eigenvalue weighted by atomic mass is 16.7. The molecule has 3 rings (SSSR count). The number of aliphatic hydroxyl groups is 1. The number of ether oxygens (including phenoxy) is 2. The summed E-state index contributed by atoms with van der Waals surface area (Å²) in [5, 5.41) is 9.71. The normalized spacial score (nSPS) is 14.7. The van der Waals surface area contributed by atoms with Gasteiger partial charge in [-0.3, -0.25) is 0 Å². The summed E-state index contributed by atoms with van der Waals surface area (Å²) in [5.74, 6) is 1.92. The van der Waals surface area contributed by atoms with Crippen molar-refractivity contribution >= 4 is 0 Å². The molecule has 6 heteroatoms. The van der Waals surface area contributed by atoms with Crippen molar-refractivity contribution in [2.24, 2.45) is 5.73 Å². The molecule has 1 aromatic carbocycles. The Bertz CT molecular complexity index is 609. The Kier molecular flexibility index (Phi) is 2.88. The molecule has 100 valence electrons. The minimum Gasteiger partial charge on any atom is -0.454 e. The number of nitrogens with two attached hydrogens (primary N) is 1. The van der Waals surface area contributed by atoms with Crippen molar-refractivity contribution < 1.29 is 14.6 Å². The molecule has 2 aromatic rings. The first-order chi connectivity index (χ1) is 9.19. The molecule has 1 unspecified atom stereocenters. The van der Waals surface area contributed by atoms with E-state index in [1.165, 1.54) is 0 Å². The SMILES string of the molecule is Cc1[nH]c(C(O)CN)nc1-c1ccc2c(c1)OCO2. The van der Waals surface area contributed by atoms with E-state index in [1.807, 2.05) is 25.1 Å². The van der Waals surface area contributed by atoms with Crippen LogP contribution in [0.4, 0.5) is 0 Å². The standard InChI is InChI=1S/C13H15N3O3/c1-7-12(16-13(15-7)9(17)5-14)8-2-3-10-11(4-8)19-6-18-10/h2-4,9,17H,5-6,14H2,1H3,(H,15,16). The molecule has 0 spiro atoms. The van der Waals surface area contributed by atoms with Gasteiger partial charge in [-0.1, -0.05) is 0 Å². The van der Waals surface area contributed by atoms with Gasteiger partial charge in [0.15, 0.2) is 11.5 Å². The van der Waals surface area contributed by atoms with Gasteiger partial charge in [0.05, 0.1) is 5.69 Å². The van der Waals surface area contributed by atoms with E-state index in [-0.39, 0.29) is 13.3 Å². The van der Waals surface area contributed by atoms with Gasteiger partial charge in [-0.15, -0.1) is 0 Å². The average molecular weight is 261 g/mol. The number of imidazole rings is 1. The minimum absolute atomic E-state index is 0.132. The molecule has 0 aliphatic carbocycles. The van der Waals surface area contributed by atoms with Crippen molar-refractivity contribution in [3.8, 4) is 22.8 Å². The van der Waals surface area contributed by atoms with Crippen LogP contribution in [0.5, 0.6) is 11.5 Å². The van der Waals surface area contributed by atoms with Gasteiger partial charge in [0, 0.05) is 17.8 Å². The molecule has 0 saturated carbocycles. The fourth-order valence-electron chi connectivity index (χ4n) is 2.08. The second kappa shape index (κ2) is 4.56. The van der Waals surface area contributed by atoms with Gasteiger partial charge >= 0.3 is 0 Å². The molecule has 4 N–H and O–H groups in total. The zero-order valence-electron chi connectivity index (χ0n) is 10.5. The Morgan fingerprint density at radius 3 is 3.00 bits per heavy atom. The van der Waals surface area contributed by atoms with Crippen molar-refractivity contribution in [2.45, 2.75) is 13.0 Å². The minimum atomic E-state index is -0.776. The molecule has 0 bridgehead atoms. The quantitative estimate of drug-likeness (QED) is 0.769. The number of fused-ring (bicyclic) bond motifs is 1. The highest BCUT2D eigenvalue weighted by Crippen LogP contribution is 2.36. The topological polar surface area (TPSA) is 93.4 Å². The molecule has 1 atom stereocenters.